The lowest BCUT2D eigenvalue weighted by atomic mass is 10.0. The first kappa shape index (κ1) is 24.1. The summed E-state index contributed by atoms with van der Waals surface area (Å²) >= 11 is 0. The van der Waals surface area contributed by atoms with E-state index in [9.17, 15) is 9.59 Å². The van der Waals surface area contributed by atoms with Crippen LogP contribution < -0.4 is 0 Å². The molecule has 0 aromatic rings. The van der Waals surface area contributed by atoms with Crippen LogP contribution in [0.25, 0.3) is 0 Å². The molecule has 0 rings (SSSR count). The van der Waals surface area contributed by atoms with Gasteiger partial charge in [-0.15, -0.1) is 0 Å². The number of ether oxygens (including phenoxy) is 1. The molecule has 1 atom stereocenters. The molecule has 25 heavy (non-hydrogen) atoms. The van der Waals surface area contributed by atoms with E-state index in [0.717, 1.165) is 12.8 Å². The van der Waals surface area contributed by atoms with Crippen molar-refractivity contribution in [3.05, 3.63) is 0 Å². The van der Waals surface area contributed by atoms with Crippen molar-refractivity contribution in [2.24, 2.45) is 0 Å². The molecule has 0 heterocycles. The Balaban J connectivity index is 3.14. The van der Waals surface area contributed by atoms with Crippen molar-refractivity contribution in [3.8, 4) is 0 Å². The van der Waals surface area contributed by atoms with Crippen molar-refractivity contribution in [2.75, 3.05) is 6.61 Å². The molecule has 0 aromatic heterocycles. The lowest BCUT2D eigenvalue weighted by Gasteiger charge is -2.06. The normalized spacial score (nSPS) is 12.1. The topological polar surface area (TPSA) is 63.6 Å². The average Bonchev–Trinajstić information content (AvgIpc) is 2.62. The minimum absolute atomic E-state index is 0.221. The van der Waals surface area contributed by atoms with Gasteiger partial charge in [0.1, 0.15) is 12.7 Å². The lowest BCUT2D eigenvalue weighted by molar-refractivity contribution is -0.147. The molecule has 0 aromatic carbocycles. The number of rotatable bonds is 19. The van der Waals surface area contributed by atoms with Crippen LogP contribution in [0.15, 0.2) is 0 Å². The van der Waals surface area contributed by atoms with E-state index in [1.165, 1.54) is 83.5 Å². The number of hydrogen-bond donors (Lipinski definition) is 1. The molecule has 1 N–H and O–H groups in total. The average molecular weight is 357 g/mol. The molecule has 0 aliphatic carbocycles. The van der Waals surface area contributed by atoms with Crippen molar-refractivity contribution >= 4 is 12.3 Å². The molecule has 0 radical (unpaired) electrons. The van der Waals surface area contributed by atoms with Crippen LogP contribution in [-0.2, 0) is 14.3 Å². The van der Waals surface area contributed by atoms with E-state index < -0.39 is 6.10 Å². The van der Waals surface area contributed by atoms with Crippen molar-refractivity contribution in [2.45, 2.75) is 116 Å². The highest BCUT2D eigenvalue weighted by atomic mass is 16.5. The summed E-state index contributed by atoms with van der Waals surface area (Å²) in [4.78, 5) is 21.5. The van der Waals surface area contributed by atoms with Crippen LogP contribution in [0.3, 0.4) is 0 Å². The van der Waals surface area contributed by atoms with Gasteiger partial charge in [0.15, 0.2) is 6.29 Å². The van der Waals surface area contributed by atoms with E-state index in [1.54, 1.807) is 0 Å². The minimum atomic E-state index is -1.19. The van der Waals surface area contributed by atoms with Gasteiger partial charge in [0, 0.05) is 6.42 Å². The van der Waals surface area contributed by atoms with Gasteiger partial charge in [0.2, 0.25) is 0 Å². The van der Waals surface area contributed by atoms with Crippen LogP contribution in [0.4, 0.5) is 0 Å². The Kier molecular flexibility index (Phi) is 18.7. The van der Waals surface area contributed by atoms with Crippen molar-refractivity contribution in [1.29, 1.82) is 0 Å². The van der Waals surface area contributed by atoms with Gasteiger partial charge in [-0.3, -0.25) is 4.79 Å². The van der Waals surface area contributed by atoms with E-state index in [1.807, 2.05) is 0 Å². The standard InChI is InChI=1S/C21H40O4/c1-2-3-4-5-6-7-8-9-10-11-12-13-14-15-16-17-21(24)25-19-20(23)18-22/h18,20,23H,2-17,19H2,1H3. The summed E-state index contributed by atoms with van der Waals surface area (Å²) in [6.45, 7) is 2.04. The third-order valence-corrected chi connectivity index (χ3v) is 4.56. The Morgan fingerprint density at radius 3 is 1.60 bits per heavy atom. The number of aldehydes is 1. The van der Waals surface area contributed by atoms with Gasteiger partial charge in [-0.05, 0) is 6.42 Å². The van der Waals surface area contributed by atoms with E-state index in [2.05, 4.69) is 6.92 Å². The van der Waals surface area contributed by atoms with Crippen LogP contribution in [0.1, 0.15) is 110 Å². The fraction of sp³-hybridized carbons (Fsp3) is 0.905. The molecular formula is C21H40O4. The summed E-state index contributed by atoms with van der Waals surface area (Å²) in [5, 5.41) is 8.97. The number of aliphatic hydroxyl groups is 1. The molecule has 4 heteroatoms. The van der Waals surface area contributed by atoms with E-state index in [-0.39, 0.29) is 12.6 Å². The first-order valence-electron chi connectivity index (χ1n) is 10.5. The number of carbonyl (C=O) groups excluding carboxylic acids is 2. The Morgan fingerprint density at radius 2 is 1.20 bits per heavy atom. The zero-order valence-corrected chi connectivity index (χ0v) is 16.3. The molecule has 0 amide bonds. The zero-order valence-electron chi connectivity index (χ0n) is 16.3. The minimum Gasteiger partial charge on any atom is -0.462 e. The largest absolute Gasteiger partial charge is 0.462 e. The predicted molar refractivity (Wildman–Crippen MR) is 103 cm³/mol. The predicted octanol–water partition coefficient (Wildman–Crippen LogP) is 5.35. The molecule has 4 nitrogen and oxygen atoms in total. The molecular weight excluding hydrogens is 316 g/mol. The molecule has 148 valence electrons. The smallest absolute Gasteiger partial charge is 0.305 e. The Labute approximate surface area is 154 Å². The monoisotopic (exact) mass is 356 g/mol. The van der Waals surface area contributed by atoms with Crippen LogP contribution in [-0.4, -0.2) is 30.1 Å². The lowest BCUT2D eigenvalue weighted by Crippen LogP contribution is -2.19. The molecule has 0 spiro atoms. The second kappa shape index (κ2) is 19.4. The molecule has 0 saturated heterocycles. The van der Waals surface area contributed by atoms with Crippen molar-refractivity contribution < 1.29 is 19.4 Å². The highest BCUT2D eigenvalue weighted by Gasteiger charge is 2.07. The van der Waals surface area contributed by atoms with E-state index >= 15 is 0 Å². The number of carbonyl (C=O) groups is 2. The third-order valence-electron chi connectivity index (χ3n) is 4.56. The molecule has 0 aliphatic heterocycles. The van der Waals surface area contributed by atoms with Gasteiger partial charge in [0.25, 0.3) is 0 Å². The van der Waals surface area contributed by atoms with Crippen molar-refractivity contribution in [3.63, 3.8) is 0 Å². The first-order valence-corrected chi connectivity index (χ1v) is 10.5. The SMILES string of the molecule is CCCCCCCCCCCCCCCCCC(=O)OCC(O)C=O. The third kappa shape index (κ3) is 19.3. The fourth-order valence-electron chi connectivity index (χ4n) is 2.93. The molecule has 0 aliphatic rings. The maximum atomic E-state index is 11.3. The van der Waals surface area contributed by atoms with Gasteiger partial charge >= 0.3 is 5.97 Å². The summed E-state index contributed by atoms with van der Waals surface area (Å²) < 4.78 is 4.79. The van der Waals surface area contributed by atoms with Crippen molar-refractivity contribution in [1.82, 2.24) is 0 Å². The molecule has 1 unspecified atom stereocenters. The highest BCUT2D eigenvalue weighted by Crippen LogP contribution is 2.13. The summed E-state index contributed by atoms with van der Waals surface area (Å²) in [6.07, 6.45) is 19.0. The number of aliphatic hydroxyl groups excluding tert-OH is 1. The van der Waals surface area contributed by atoms with Gasteiger partial charge in [-0.25, -0.2) is 0 Å². The maximum absolute atomic E-state index is 11.3. The maximum Gasteiger partial charge on any atom is 0.305 e. The highest BCUT2D eigenvalue weighted by molar-refractivity contribution is 5.69. The summed E-state index contributed by atoms with van der Waals surface area (Å²) in [6, 6.07) is 0. The molecule has 0 saturated carbocycles. The van der Waals surface area contributed by atoms with E-state index in [0.29, 0.717) is 12.7 Å². The zero-order chi connectivity index (χ0) is 18.6. The van der Waals surface area contributed by atoms with E-state index in [4.69, 9.17) is 9.84 Å². The summed E-state index contributed by atoms with van der Waals surface area (Å²) in [5.41, 5.74) is 0. The van der Waals surface area contributed by atoms with Gasteiger partial charge in [-0.1, -0.05) is 96.8 Å². The number of hydrogen-bond acceptors (Lipinski definition) is 4. The second-order valence-electron chi connectivity index (χ2n) is 7.09. The fourth-order valence-corrected chi connectivity index (χ4v) is 2.93. The van der Waals surface area contributed by atoms with Crippen LogP contribution in [0.2, 0.25) is 0 Å². The Morgan fingerprint density at radius 1 is 0.800 bits per heavy atom. The quantitative estimate of drug-likeness (QED) is 0.192. The first-order chi connectivity index (χ1) is 12.2. The van der Waals surface area contributed by atoms with Gasteiger partial charge in [-0.2, -0.15) is 0 Å². The van der Waals surface area contributed by atoms with Gasteiger partial charge in [0.05, 0.1) is 0 Å². The Bertz CT molecular complexity index is 304. The Hall–Kier alpha value is -0.900. The summed E-state index contributed by atoms with van der Waals surface area (Å²) in [7, 11) is 0. The van der Waals surface area contributed by atoms with Gasteiger partial charge < -0.3 is 14.6 Å². The number of esters is 1. The molecule has 0 fully saturated rings. The van der Waals surface area contributed by atoms with Crippen LogP contribution in [0.5, 0.6) is 0 Å². The summed E-state index contributed by atoms with van der Waals surface area (Å²) in [5.74, 6) is -0.324. The second-order valence-corrected chi connectivity index (χ2v) is 7.09. The van der Waals surface area contributed by atoms with Crippen LogP contribution >= 0.6 is 0 Å². The number of unbranched alkanes of at least 4 members (excludes halogenated alkanes) is 14. The molecule has 0 bridgehead atoms. The van der Waals surface area contributed by atoms with Crippen LogP contribution in [0, 0.1) is 0 Å².